The zero-order valence-electron chi connectivity index (χ0n) is 14.2. The second-order valence-electron chi connectivity index (χ2n) is 5.03. The summed E-state index contributed by atoms with van der Waals surface area (Å²) < 4.78 is 15.2. The van der Waals surface area contributed by atoms with Crippen LogP contribution in [0, 0.1) is 6.92 Å². The van der Waals surface area contributed by atoms with E-state index in [1.807, 2.05) is 0 Å². The molecule has 1 N–H and O–H groups in total. The SMILES string of the molecule is COc1cc(/C=N/OC(C)C(=O)Nc2cc(C)on2)cc(Cl)c1OC. The van der Waals surface area contributed by atoms with Gasteiger partial charge >= 0.3 is 0 Å². The Balaban J connectivity index is 1.97. The lowest BCUT2D eigenvalue weighted by Crippen LogP contribution is -2.26. The maximum Gasteiger partial charge on any atom is 0.269 e. The highest BCUT2D eigenvalue weighted by atomic mass is 35.5. The number of oxime groups is 1. The molecule has 1 amide bonds. The first-order chi connectivity index (χ1) is 11.9. The fraction of sp³-hybridized carbons (Fsp3) is 0.312. The van der Waals surface area contributed by atoms with E-state index in [0.717, 1.165) is 0 Å². The largest absolute Gasteiger partial charge is 0.493 e. The fourth-order valence-electron chi connectivity index (χ4n) is 1.90. The van der Waals surface area contributed by atoms with E-state index in [9.17, 15) is 4.79 Å². The molecule has 9 heteroatoms. The molecule has 0 bridgehead atoms. The second-order valence-corrected chi connectivity index (χ2v) is 5.44. The van der Waals surface area contributed by atoms with E-state index in [4.69, 9.17) is 30.4 Å². The number of aromatic nitrogens is 1. The normalized spacial score (nSPS) is 12.0. The third-order valence-corrected chi connectivity index (χ3v) is 3.41. The van der Waals surface area contributed by atoms with Crippen LogP contribution in [0.15, 0.2) is 27.9 Å². The highest BCUT2D eigenvalue weighted by Crippen LogP contribution is 2.35. The first kappa shape index (κ1) is 18.6. The number of methoxy groups -OCH3 is 2. The van der Waals surface area contributed by atoms with Crippen LogP contribution >= 0.6 is 11.6 Å². The molecule has 2 aromatic rings. The molecule has 134 valence electrons. The zero-order valence-corrected chi connectivity index (χ0v) is 15.0. The predicted molar refractivity (Wildman–Crippen MR) is 92.6 cm³/mol. The molecular formula is C16H18ClN3O5. The summed E-state index contributed by atoms with van der Waals surface area (Å²) in [4.78, 5) is 17.1. The summed E-state index contributed by atoms with van der Waals surface area (Å²) >= 11 is 6.11. The molecule has 2 rings (SSSR count). The molecule has 25 heavy (non-hydrogen) atoms. The average molecular weight is 368 g/mol. The van der Waals surface area contributed by atoms with Gasteiger partial charge in [-0.3, -0.25) is 4.79 Å². The Morgan fingerprint density at radius 2 is 2.12 bits per heavy atom. The molecule has 0 aliphatic rings. The van der Waals surface area contributed by atoms with Crippen molar-refractivity contribution in [2.24, 2.45) is 5.16 Å². The first-order valence-corrected chi connectivity index (χ1v) is 7.67. The highest BCUT2D eigenvalue weighted by Gasteiger charge is 2.16. The molecule has 0 aliphatic heterocycles. The molecule has 1 aromatic heterocycles. The van der Waals surface area contributed by atoms with Crippen LogP contribution in [0.4, 0.5) is 5.82 Å². The number of carbonyl (C=O) groups excluding carboxylic acids is 1. The Hall–Kier alpha value is -2.74. The molecule has 0 fully saturated rings. The number of rotatable bonds is 7. The molecular weight excluding hydrogens is 350 g/mol. The van der Waals surface area contributed by atoms with Crippen LogP contribution in [0.3, 0.4) is 0 Å². The molecule has 1 aromatic carbocycles. The van der Waals surface area contributed by atoms with Gasteiger partial charge in [0.25, 0.3) is 5.91 Å². The van der Waals surface area contributed by atoms with Gasteiger partial charge < -0.3 is 24.2 Å². The van der Waals surface area contributed by atoms with Gasteiger partial charge in [0.05, 0.1) is 25.5 Å². The standard InChI is InChI=1S/C16H18ClN3O5/c1-9-5-14(20-24-9)19-16(21)10(2)25-18-8-11-6-12(17)15(23-4)13(7-11)22-3/h5-8,10H,1-4H3,(H,19,20,21)/b18-8+. The third kappa shape index (κ3) is 4.87. The second kappa shape index (κ2) is 8.39. The number of nitrogens with zero attached hydrogens (tertiary/aromatic N) is 2. The van der Waals surface area contributed by atoms with Gasteiger partial charge in [0, 0.05) is 11.6 Å². The Labute approximate surface area is 149 Å². The van der Waals surface area contributed by atoms with Gasteiger partial charge in [-0.05, 0) is 26.0 Å². The number of ether oxygens (including phenoxy) is 2. The van der Waals surface area contributed by atoms with Gasteiger partial charge in [0.1, 0.15) is 5.76 Å². The molecule has 0 radical (unpaired) electrons. The summed E-state index contributed by atoms with van der Waals surface area (Å²) in [6.07, 6.45) is 0.585. The van der Waals surface area contributed by atoms with Crippen LogP contribution in [-0.4, -0.2) is 37.6 Å². The lowest BCUT2D eigenvalue weighted by molar-refractivity contribution is -0.126. The van der Waals surface area contributed by atoms with Crippen molar-refractivity contribution in [3.63, 3.8) is 0 Å². The molecule has 1 unspecified atom stereocenters. The summed E-state index contributed by atoms with van der Waals surface area (Å²) in [6, 6.07) is 4.92. The van der Waals surface area contributed by atoms with Gasteiger partial charge in [-0.2, -0.15) is 0 Å². The van der Waals surface area contributed by atoms with E-state index in [1.54, 1.807) is 32.0 Å². The average Bonchev–Trinajstić information content (AvgIpc) is 2.98. The third-order valence-electron chi connectivity index (χ3n) is 3.13. The van der Waals surface area contributed by atoms with E-state index >= 15 is 0 Å². The molecule has 0 aliphatic carbocycles. The van der Waals surface area contributed by atoms with Crippen molar-refractivity contribution >= 4 is 29.5 Å². The van der Waals surface area contributed by atoms with Crippen LogP contribution in [-0.2, 0) is 9.63 Å². The summed E-state index contributed by atoms with van der Waals surface area (Å²) in [6.45, 7) is 3.28. The molecule has 0 saturated carbocycles. The van der Waals surface area contributed by atoms with E-state index < -0.39 is 12.0 Å². The zero-order chi connectivity index (χ0) is 18.4. The van der Waals surface area contributed by atoms with E-state index in [-0.39, 0.29) is 0 Å². The van der Waals surface area contributed by atoms with E-state index in [0.29, 0.717) is 33.7 Å². The van der Waals surface area contributed by atoms with Gasteiger partial charge in [-0.1, -0.05) is 21.9 Å². The number of aryl methyl sites for hydroxylation is 1. The van der Waals surface area contributed by atoms with Crippen molar-refractivity contribution in [2.75, 3.05) is 19.5 Å². The predicted octanol–water partition coefficient (Wildman–Crippen LogP) is 3.03. The summed E-state index contributed by atoms with van der Waals surface area (Å²) in [5.74, 6) is 1.39. The number of nitrogens with one attached hydrogen (secondary N) is 1. The van der Waals surface area contributed by atoms with Gasteiger partial charge in [0.15, 0.2) is 17.3 Å². The Morgan fingerprint density at radius 3 is 2.72 bits per heavy atom. The molecule has 0 spiro atoms. The van der Waals surface area contributed by atoms with Crippen LogP contribution in [0.25, 0.3) is 0 Å². The van der Waals surface area contributed by atoms with E-state index in [2.05, 4.69) is 15.6 Å². The van der Waals surface area contributed by atoms with Crippen molar-refractivity contribution in [1.29, 1.82) is 0 Å². The molecule has 1 atom stereocenters. The number of hydrogen-bond donors (Lipinski definition) is 1. The Bertz CT molecular complexity index is 775. The van der Waals surface area contributed by atoms with Gasteiger partial charge in [0.2, 0.25) is 6.10 Å². The molecule has 1 heterocycles. The number of anilines is 1. The number of halogens is 1. The number of hydrogen-bond acceptors (Lipinski definition) is 7. The maximum absolute atomic E-state index is 12.0. The van der Waals surface area contributed by atoms with Crippen molar-refractivity contribution in [3.8, 4) is 11.5 Å². The van der Waals surface area contributed by atoms with Crippen LogP contribution in [0.5, 0.6) is 11.5 Å². The van der Waals surface area contributed by atoms with Gasteiger partial charge in [-0.15, -0.1) is 0 Å². The van der Waals surface area contributed by atoms with Crippen LogP contribution in [0.1, 0.15) is 18.2 Å². The smallest absolute Gasteiger partial charge is 0.269 e. The minimum Gasteiger partial charge on any atom is -0.493 e. The maximum atomic E-state index is 12.0. The highest BCUT2D eigenvalue weighted by molar-refractivity contribution is 6.32. The van der Waals surface area contributed by atoms with Crippen LogP contribution in [0.2, 0.25) is 5.02 Å². The number of benzene rings is 1. The number of amides is 1. The Morgan fingerprint density at radius 1 is 1.36 bits per heavy atom. The fourth-order valence-corrected chi connectivity index (χ4v) is 2.19. The van der Waals surface area contributed by atoms with Crippen molar-refractivity contribution in [2.45, 2.75) is 20.0 Å². The van der Waals surface area contributed by atoms with Gasteiger partial charge in [-0.25, -0.2) is 0 Å². The minimum absolute atomic E-state index is 0.314. The van der Waals surface area contributed by atoms with E-state index in [1.165, 1.54) is 20.4 Å². The van der Waals surface area contributed by atoms with Crippen molar-refractivity contribution in [3.05, 3.63) is 34.5 Å². The first-order valence-electron chi connectivity index (χ1n) is 7.29. The lowest BCUT2D eigenvalue weighted by atomic mass is 10.2. The number of carbonyl (C=O) groups is 1. The quantitative estimate of drug-likeness (QED) is 0.597. The van der Waals surface area contributed by atoms with Crippen molar-refractivity contribution < 1.29 is 23.6 Å². The molecule has 8 nitrogen and oxygen atoms in total. The summed E-state index contributed by atoms with van der Waals surface area (Å²) in [7, 11) is 3.00. The lowest BCUT2D eigenvalue weighted by Gasteiger charge is -2.10. The van der Waals surface area contributed by atoms with Crippen molar-refractivity contribution in [1.82, 2.24) is 5.16 Å². The summed E-state index contributed by atoms with van der Waals surface area (Å²) in [5, 5.41) is 10.4. The van der Waals surface area contributed by atoms with Crippen LogP contribution < -0.4 is 14.8 Å². The topological polar surface area (TPSA) is 95.2 Å². The summed E-state index contributed by atoms with van der Waals surface area (Å²) in [5.41, 5.74) is 0.627. The minimum atomic E-state index is -0.830. The molecule has 0 saturated heterocycles. The monoisotopic (exact) mass is 367 g/mol. The Kier molecular flexibility index (Phi) is 6.24.